The van der Waals surface area contributed by atoms with Crippen molar-refractivity contribution in [3.05, 3.63) is 48.6 Å². The molecule has 496 valence electrons. The van der Waals surface area contributed by atoms with Crippen LogP contribution in [0.3, 0.4) is 0 Å². The molecule has 85 heavy (non-hydrogen) atoms. The van der Waals surface area contributed by atoms with Gasteiger partial charge in [0.05, 0.1) is 38.6 Å². The number of nitrogens with one attached hydrogen (secondary N) is 1. The number of aliphatic hydroxyl groups is 11. The number of hydrogen-bond acceptors (Lipinski definition) is 18. The lowest BCUT2D eigenvalue weighted by atomic mass is 9.96. The molecule has 3 aliphatic rings. The first-order chi connectivity index (χ1) is 41.3. The van der Waals surface area contributed by atoms with E-state index in [0.717, 1.165) is 44.9 Å². The van der Waals surface area contributed by atoms with Crippen molar-refractivity contribution in [2.24, 2.45) is 0 Å². The third-order valence-corrected chi connectivity index (χ3v) is 16.6. The molecule has 0 aliphatic carbocycles. The minimum absolute atomic E-state index is 0.236. The third-order valence-electron chi connectivity index (χ3n) is 16.6. The number of amides is 1. The molecule has 0 saturated carbocycles. The molecule has 0 spiro atoms. The molecule has 12 N–H and O–H groups in total. The number of rotatable bonds is 50. The number of unbranched alkanes of at least 4 members (excludes halogenated alkanes) is 28. The summed E-state index contributed by atoms with van der Waals surface area (Å²) in [5.74, 6) is -0.286. The fourth-order valence-corrected chi connectivity index (χ4v) is 11.1. The molecule has 17 unspecified atom stereocenters. The van der Waals surface area contributed by atoms with E-state index in [2.05, 4.69) is 55.6 Å². The zero-order valence-electron chi connectivity index (χ0n) is 52.1. The molecule has 0 bridgehead atoms. The summed E-state index contributed by atoms with van der Waals surface area (Å²) in [7, 11) is 0. The smallest absolute Gasteiger partial charge is 0.220 e. The zero-order valence-corrected chi connectivity index (χ0v) is 52.1. The van der Waals surface area contributed by atoms with Crippen LogP contribution in [0.1, 0.15) is 232 Å². The van der Waals surface area contributed by atoms with Crippen molar-refractivity contribution in [3.8, 4) is 0 Å². The molecule has 3 heterocycles. The largest absolute Gasteiger partial charge is 0.394 e. The second-order valence-corrected chi connectivity index (χ2v) is 23.9. The number of carbonyl (C=O) groups is 1. The lowest BCUT2D eigenvalue weighted by Gasteiger charge is -2.48. The number of ether oxygens (including phenoxy) is 6. The maximum atomic E-state index is 13.3. The van der Waals surface area contributed by atoms with Gasteiger partial charge in [0.1, 0.15) is 73.2 Å². The first kappa shape index (κ1) is 77.0. The van der Waals surface area contributed by atoms with E-state index in [0.29, 0.717) is 12.8 Å². The van der Waals surface area contributed by atoms with Gasteiger partial charge in [0, 0.05) is 6.42 Å². The molecule has 3 saturated heterocycles. The van der Waals surface area contributed by atoms with Gasteiger partial charge < -0.3 is 89.9 Å². The quantitative estimate of drug-likeness (QED) is 0.0204. The van der Waals surface area contributed by atoms with E-state index in [4.69, 9.17) is 28.4 Å². The second-order valence-electron chi connectivity index (χ2n) is 23.9. The van der Waals surface area contributed by atoms with Gasteiger partial charge in [0.25, 0.3) is 0 Å². The minimum atomic E-state index is -1.98. The number of allylic oxidation sites excluding steroid dienone is 7. The van der Waals surface area contributed by atoms with Crippen molar-refractivity contribution in [2.45, 2.75) is 336 Å². The zero-order chi connectivity index (χ0) is 61.9. The van der Waals surface area contributed by atoms with E-state index in [-0.39, 0.29) is 18.9 Å². The van der Waals surface area contributed by atoms with Gasteiger partial charge >= 0.3 is 0 Å². The maximum Gasteiger partial charge on any atom is 0.220 e. The first-order valence-corrected chi connectivity index (χ1v) is 33.4. The molecular formula is C66H119NO18. The molecule has 3 fully saturated rings. The van der Waals surface area contributed by atoms with Crippen LogP contribution >= 0.6 is 0 Å². The maximum absolute atomic E-state index is 13.3. The fourth-order valence-electron chi connectivity index (χ4n) is 11.1. The van der Waals surface area contributed by atoms with Crippen molar-refractivity contribution in [3.63, 3.8) is 0 Å². The summed E-state index contributed by atoms with van der Waals surface area (Å²) in [6.07, 6.45) is 29.8. The molecule has 19 heteroatoms. The van der Waals surface area contributed by atoms with Crippen LogP contribution < -0.4 is 5.32 Å². The molecule has 0 aromatic heterocycles. The Labute approximate surface area is 510 Å². The number of aliphatic hydroxyl groups excluding tert-OH is 11. The highest BCUT2D eigenvalue weighted by atomic mass is 16.8. The molecular weight excluding hydrogens is 1090 g/mol. The Morgan fingerprint density at radius 3 is 1.25 bits per heavy atom. The lowest BCUT2D eigenvalue weighted by Crippen LogP contribution is -2.66. The Morgan fingerprint density at radius 2 is 0.788 bits per heavy atom. The van der Waals surface area contributed by atoms with E-state index >= 15 is 0 Å². The highest BCUT2D eigenvalue weighted by molar-refractivity contribution is 5.76. The third kappa shape index (κ3) is 31.4. The fraction of sp³-hybridized carbons (Fsp3) is 0.864. The highest BCUT2D eigenvalue weighted by Gasteiger charge is 2.53. The molecule has 19 nitrogen and oxygen atoms in total. The summed E-state index contributed by atoms with van der Waals surface area (Å²) >= 11 is 0. The lowest BCUT2D eigenvalue weighted by molar-refractivity contribution is -0.379. The van der Waals surface area contributed by atoms with Crippen LogP contribution in [0.4, 0.5) is 0 Å². The van der Waals surface area contributed by atoms with Gasteiger partial charge in [-0.05, 0) is 64.2 Å². The van der Waals surface area contributed by atoms with Gasteiger partial charge in [-0.1, -0.05) is 210 Å². The van der Waals surface area contributed by atoms with Gasteiger partial charge in [-0.2, -0.15) is 0 Å². The van der Waals surface area contributed by atoms with Crippen LogP contribution in [-0.4, -0.2) is 193 Å². The van der Waals surface area contributed by atoms with Crippen molar-refractivity contribution < 1.29 is 89.4 Å². The number of carbonyl (C=O) groups excluding carboxylic acids is 1. The van der Waals surface area contributed by atoms with Crippen LogP contribution in [0.25, 0.3) is 0 Å². The summed E-state index contributed by atoms with van der Waals surface area (Å²) in [5.41, 5.74) is 0. The average Bonchev–Trinajstić information content (AvgIpc) is 3.05. The van der Waals surface area contributed by atoms with E-state index in [1.807, 2.05) is 6.08 Å². The summed E-state index contributed by atoms with van der Waals surface area (Å²) in [5, 5.41) is 120. The Bertz CT molecular complexity index is 1740. The predicted molar refractivity (Wildman–Crippen MR) is 328 cm³/mol. The normalized spacial score (nSPS) is 29.3. The van der Waals surface area contributed by atoms with Crippen molar-refractivity contribution in [1.82, 2.24) is 5.32 Å². The SMILES string of the molecule is CCCCCCC/C=C\C/C=C\CCCCCCCCCCCCCCCCCCCC(=O)NC(COC1OC(CO)C(OC2OC(CO)C(OC3OC(CO)C(O)C(O)C3O)C(O)C2O)C(O)C1O)C(O)/C=C/CC/C=C/CCCCCCC. The van der Waals surface area contributed by atoms with E-state index in [1.165, 1.54) is 154 Å². The molecule has 3 aliphatic heterocycles. The molecule has 0 radical (unpaired) electrons. The van der Waals surface area contributed by atoms with Gasteiger partial charge in [-0.3, -0.25) is 4.79 Å². The van der Waals surface area contributed by atoms with Crippen LogP contribution in [0.2, 0.25) is 0 Å². The molecule has 3 rings (SSSR count). The Kier molecular flexibility index (Phi) is 44.0. The van der Waals surface area contributed by atoms with E-state index in [9.17, 15) is 61.0 Å². The molecule has 0 aromatic rings. The van der Waals surface area contributed by atoms with Crippen LogP contribution in [-0.2, 0) is 33.2 Å². The summed E-state index contributed by atoms with van der Waals surface area (Å²) < 4.78 is 34.2. The second kappa shape index (κ2) is 48.6. The summed E-state index contributed by atoms with van der Waals surface area (Å²) in [4.78, 5) is 13.3. The monoisotopic (exact) mass is 1210 g/mol. The van der Waals surface area contributed by atoms with Crippen LogP contribution in [0.15, 0.2) is 48.6 Å². The Balaban J connectivity index is 1.38. The van der Waals surface area contributed by atoms with E-state index < -0.39 is 124 Å². The summed E-state index contributed by atoms with van der Waals surface area (Å²) in [6.45, 7) is 1.67. The summed E-state index contributed by atoms with van der Waals surface area (Å²) in [6, 6.07) is -0.988. The van der Waals surface area contributed by atoms with Gasteiger partial charge in [0.2, 0.25) is 5.91 Å². The Morgan fingerprint density at radius 1 is 0.424 bits per heavy atom. The van der Waals surface area contributed by atoms with Gasteiger partial charge in [-0.15, -0.1) is 0 Å². The Hall–Kier alpha value is -2.25. The predicted octanol–water partition coefficient (Wildman–Crippen LogP) is 7.83. The topological polar surface area (TPSA) is 307 Å². The van der Waals surface area contributed by atoms with Crippen molar-refractivity contribution >= 4 is 5.91 Å². The van der Waals surface area contributed by atoms with Gasteiger partial charge in [-0.25, -0.2) is 0 Å². The number of hydrogen-bond donors (Lipinski definition) is 12. The average molecular weight is 1210 g/mol. The minimum Gasteiger partial charge on any atom is -0.394 e. The molecule has 0 aromatic carbocycles. The van der Waals surface area contributed by atoms with Crippen molar-refractivity contribution in [1.29, 1.82) is 0 Å². The standard InChI is InChI=1S/C66H119NO18/c1-3-5-7-9-11-13-15-16-17-18-19-20-21-22-23-24-25-26-27-28-29-30-31-32-34-36-38-40-42-44-54(72)67-49(50(71)43-41-39-37-35-33-14-12-10-8-6-4-2)48-80-64-60(78)57(75)62(52(46-69)82-64)85-66-61(79)58(76)63(53(47-70)83-66)84-65-59(77)56(74)55(73)51(45-68)81-65/h15-16,18-19,33,35,41,43,49-53,55-66,68-71,73-79H,3-14,17,20-32,34,36-40,42,44-48H2,1-2H3,(H,67,72)/b16-15-,19-18-,35-33+,43-41+. The van der Waals surface area contributed by atoms with Crippen molar-refractivity contribution in [2.75, 3.05) is 26.4 Å². The van der Waals surface area contributed by atoms with Crippen LogP contribution in [0.5, 0.6) is 0 Å². The molecule has 17 atom stereocenters. The van der Waals surface area contributed by atoms with Gasteiger partial charge in [0.15, 0.2) is 18.9 Å². The molecule has 1 amide bonds. The highest BCUT2D eigenvalue weighted by Crippen LogP contribution is 2.33. The van der Waals surface area contributed by atoms with Crippen LogP contribution in [0, 0.1) is 0 Å². The van der Waals surface area contributed by atoms with E-state index in [1.54, 1.807) is 6.08 Å². The first-order valence-electron chi connectivity index (χ1n) is 33.4.